The van der Waals surface area contributed by atoms with Crippen molar-refractivity contribution in [1.82, 2.24) is 0 Å². The molecular weight excluding hydrogens is 518 g/mol. The molecule has 0 fully saturated rings. The molecular formula is C26H22FIN2O2. The van der Waals surface area contributed by atoms with E-state index < -0.39 is 5.91 Å². The fraction of sp³-hybridized carbons (Fsp3) is 0.154. The van der Waals surface area contributed by atoms with Crippen LogP contribution in [0.25, 0.3) is 6.08 Å². The van der Waals surface area contributed by atoms with Crippen LogP contribution in [0.4, 0.5) is 10.1 Å². The summed E-state index contributed by atoms with van der Waals surface area (Å²) in [5, 5.41) is 12.3. The molecule has 0 saturated heterocycles. The Morgan fingerprint density at radius 1 is 1.19 bits per heavy atom. The highest BCUT2D eigenvalue weighted by atomic mass is 127. The van der Waals surface area contributed by atoms with E-state index in [1.54, 1.807) is 31.4 Å². The molecule has 0 heterocycles. The summed E-state index contributed by atoms with van der Waals surface area (Å²) in [6.07, 6.45) is 2.80. The molecule has 0 aliphatic rings. The highest BCUT2D eigenvalue weighted by Gasteiger charge is 2.15. The van der Waals surface area contributed by atoms with E-state index in [0.29, 0.717) is 29.0 Å². The van der Waals surface area contributed by atoms with E-state index >= 15 is 0 Å². The van der Waals surface area contributed by atoms with Gasteiger partial charge in [-0.05, 0) is 82.1 Å². The van der Waals surface area contributed by atoms with Crippen LogP contribution in [-0.4, -0.2) is 13.0 Å². The highest BCUT2D eigenvalue weighted by Crippen LogP contribution is 2.30. The van der Waals surface area contributed by atoms with Crippen molar-refractivity contribution in [1.29, 1.82) is 5.26 Å². The number of ether oxygens (including phenoxy) is 1. The minimum atomic E-state index is -0.485. The van der Waals surface area contributed by atoms with Gasteiger partial charge in [0, 0.05) is 21.2 Å². The van der Waals surface area contributed by atoms with Crippen molar-refractivity contribution >= 4 is 40.3 Å². The van der Waals surface area contributed by atoms with Crippen molar-refractivity contribution < 1.29 is 13.9 Å². The number of aryl methyl sites for hydroxylation is 1. The van der Waals surface area contributed by atoms with E-state index in [-0.39, 0.29) is 11.4 Å². The molecule has 0 bridgehead atoms. The molecule has 0 aliphatic heterocycles. The average molecular weight is 540 g/mol. The molecule has 3 aromatic rings. The normalized spacial score (nSPS) is 11.0. The first-order chi connectivity index (χ1) is 15.4. The fourth-order valence-corrected chi connectivity index (χ4v) is 4.05. The van der Waals surface area contributed by atoms with E-state index in [0.717, 1.165) is 21.1 Å². The molecule has 0 saturated carbocycles. The lowest BCUT2D eigenvalue weighted by molar-refractivity contribution is -0.112. The topological polar surface area (TPSA) is 62.1 Å². The molecule has 0 aromatic heterocycles. The number of nitrogens with zero attached hydrogens (tertiary/aromatic N) is 1. The van der Waals surface area contributed by atoms with Crippen LogP contribution in [0, 0.1) is 20.7 Å². The van der Waals surface area contributed by atoms with Crippen LogP contribution >= 0.6 is 22.6 Å². The molecule has 0 aliphatic carbocycles. The molecule has 1 N–H and O–H groups in total. The van der Waals surface area contributed by atoms with Gasteiger partial charge in [0.1, 0.15) is 23.2 Å². The smallest absolute Gasteiger partial charge is 0.266 e. The molecule has 4 nitrogen and oxygen atoms in total. The number of methoxy groups -OCH3 is 1. The molecule has 3 aromatic carbocycles. The van der Waals surface area contributed by atoms with E-state index in [9.17, 15) is 14.4 Å². The van der Waals surface area contributed by atoms with Crippen molar-refractivity contribution in [2.24, 2.45) is 0 Å². The minimum Gasteiger partial charge on any atom is -0.496 e. The maximum absolute atomic E-state index is 14.1. The van der Waals surface area contributed by atoms with Gasteiger partial charge in [-0.3, -0.25) is 4.79 Å². The molecule has 32 heavy (non-hydrogen) atoms. The Morgan fingerprint density at radius 2 is 1.91 bits per heavy atom. The third-order valence-electron chi connectivity index (χ3n) is 5.02. The first kappa shape index (κ1) is 23.5. The first-order valence-corrected chi connectivity index (χ1v) is 11.1. The van der Waals surface area contributed by atoms with Gasteiger partial charge in [0.05, 0.1) is 7.11 Å². The number of nitrogens with one attached hydrogen (secondary N) is 1. The van der Waals surface area contributed by atoms with Crippen molar-refractivity contribution in [2.45, 2.75) is 19.8 Å². The second kappa shape index (κ2) is 10.9. The number of hydrogen-bond donors (Lipinski definition) is 1. The van der Waals surface area contributed by atoms with E-state index in [4.69, 9.17) is 4.74 Å². The number of halogens is 2. The van der Waals surface area contributed by atoms with Crippen LogP contribution in [0.5, 0.6) is 5.75 Å². The Bertz CT molecular complexity index is 1200. The van der Waals surface area contributed by atoms with Gasteiger partial charge in [0.25, 0.3) is 5.91 Å². The zero-order valence-electron chi connectivity index (χ0n) is 17.8. The molecule has 0 unspecified atom stereocenters. The Balaban J connectivity index is 1.87. The maximum atomic E-state index is 14.1. The quantitative estimate of drug-likeness (QED) is 0.223. The number of anilines is 1. The lowest BCUT2D eigenvalue weighted by Crippen LogP contribution is -2.13. The predicted molar refractivity (Wildman–Crippen MR) is 133 cm³/mol. The standard InChI is InChI=1S/C26H22FIN2O2/c1-3-17-8-10-21(11-9-17)30-26(31)20(16-29)12-18-13-24(28)22(25(14-18)32-2)15-19-6-4-5-7-23(19)27/h4-14H,3,15H2,1-2H3,(H,30,31)/b20-12+. The van der Waals surface area contributed by atoms with Crippen LogP contribution in [0.3, 0.4) is 0 Å². The Kier molecular flexibility index (Phi) is 8.01. The van der Waals surface area contributed by atoms with Crippen LogP contribution in [0.15, 0.2) is 66.2 Å². The largest absolute Gasteiger partial charge is 0.496 e. The third kappa shape index (κ3) is 5.74. The predicted octanol–water partition coefficient (Wildman–Crippen LogP) is 6.14. The van der Waals surface area contributed by atoms with Crippen molar-refractivity contribution in [3.05, 3.63) is 97.9 Å². The summed E-state index contributed by atoms with van der Waals surface area (Å²) in [6.45, 7) is 2.06. The molecule has 1 amide bonds. The maximum Gasteiger partial charge on any atom is 0.266 e. The van der Waals surface area contributed by atoms with Gasteiger partial charge in [0.2, 0.25) is 0 Å². The van der Waals surface area contributed by atoms with Gasteiger partial charge in [0.15, 0.2) is 0 Å². The summed E-state index contributed by atoms with van der Waals surface area (Å²) in [7, 11) is 1.54. The molecule has 162 valence electrons. The number of nitriles is 1. The summed E-state index contributed by atoms with van der Waals surface area (Å²) < 4.78 is 20.5. The highest BCUT2D eigenvalue weighted by molar-refractivity contribution is 14.1. The first-order valence-electron chi connectivity index (χ1n) is 10.1. The summed E-state index contributed by atoms with van der Waals surface area (Å²) >= 11 is 2.16. The fourth-order valence-electron chi connectivity index (χ4n) is 3.24. The zero-order valence-corrected chi connectivity index (χ0v) is 19.9. The summed E-state index contributed by atoms with van der Waals surface area (Å²) in [5.74, 6) is -0.190. The molecule has 0 spiro atoms. The van der Waals surface area contributed by atoms with Gasteiger partial charge in [-0.25, -0.2) is 4.39 Å². The van der Waals surface area contributed by atoms with Gasteiger partial charge in [-0.2, -0.15) is 5.26 Å². The second-order valence-electron chi connectivity index (χ2n) is 7.13. The molecule has 3 rings (SSSR count). The van der Waals surface area contributed by atoms with E-state index in [1.165, 1.54) is 12.1 Å². The average Bonchev–Trinajstić information content (AvgIpc) is 2.80. The van der Waals surface area contributed by atoms with Crippen LogP contribution in [0.1, 0.15) is 29.2 Å². The van der Waals surface area contributed by atoms with Crippen molar-refractivity contribution in [3.63, 3.8) is 0 Å². The SMILES string of the molecule is CCc1ccc(NC(=O)/C(C#N)=C/c2cc(I)c(Cc3ccccc3F)c(OC)c2)cc1. The number of carbonyl (C=O) groups is 1. The van der Waals surface area contributed by atoms with Gasteiger partial charge in [-0.1, -0.05) is 37.3 Å². The summed E-state index contributed by atoms with van der Waals surface area (Å²) in [6, 6.07) is 19.7. The van der Waals surface area contributed by atoms with Gasteiger partial charge >= 0.3 is 0 Å². The van der Waals surface area contributed by atoms with Crippen LogP contribution in [0.2, 0.25) is 0 Å². The van der Waals surface area contributed by atoms with Crippen LogP contribution < -0.4 is 10.1 Å². The van der Waals surface area contributed by atoms with Gasteiger partial charge < -0.3 is 10.1 Å². The van der Waals surface area contributed by atoms with Crippen molar-refractivity contribution in [2.75, 3.05) is 12.4 Å². The minimum absolute atomic E-state index is 0.0238. The lowest BCUT2D eigenvalue weighted by Gasteiger charge is -2.13. The lowest BCUT2D eigenvalue weighted by atomic mass is 10.0. The van der Waals surface area contributed by atoms with Gasteiger partial charge in [-0.15, -0.1) is 0 Å². The number of amides is 1. The van der Waals surface area contributed by atoms with Crippen LogP contribution in [-0.2, 0) is 17.6 Å². The van der Waals surface area contributed by atoms with Crippen molar-refractivity contribution in [3.8, 4) is 11.8 Å². The molecule has 0 atom stereocenters. The monoisotopic (exact) mass is 540 g/mol. The number of carbonyl (C=O) groups excluding carboxylic acids is 1. The second-order valence-corrected chi connectivity index (χ2v) is 8.29. The Labute approximate surface area is 200 Å². The summed E-state index contributed by atoms with van der Waals surface area (Å²) in [4.78, 5) is 12.6. The number of hydrogen-bond acceptors (Lipinski definition) is 3. The molecule has 6 heteroatoms. The third-order valence-corrected chi connectivity index (χ3v) is 5.98. The Hall–Kier alpha value is -3.18. The number of rotatable bonds is 7. The Morgan fingerprint density at radius 3 is 2.53 bits per heavy atom. The molecule has 0 radical (unpaired) electrons. The summed E-state index contributed by atoms with van der Waals surface area (Å²) in [5.41, 5.74) is 3.82. The van der Waals surface area contributed by atoms with E-state index in [1.807, 2.05) is 36.4 Å². The zero-order chi connectivity index (χ0) is 23.1. The van der Waals surface area contributed by atoms with E-state index in [2.05, 4.69) is 34.8 Å². The number of benzene rings is 3.